The van der Waals surface area contributed by atoms with Crippen molar-refractivity contribution in [1.29, 1.82) is 0 Å². The van der Waals surface area contributed by atoms with E-state index in [1.807, 2.05) is 46.9 Å². The van der Waals surface area contributed by atoms with Gasteiger partial charge in [0.25, 0.3) is 5.91 Å². The molecule has 0 saturated carbocycles. The van der Waals surface area contributed by atoms with Gasteiger partial charge in [0, 0.05) is 5.56 Å². The van der Waals surface area contributed by atoms with Gasteiger partial charge in [0.15, 0.2) is 0 Å². The molecule has 0 aliphatic rings. The highest BCUT2D eigenvalue weighted by Crippen LogP contribution is 2.14. The van der Waals surface area contributed by atoms with Crippen molar-refractivity contribution in [1.82, 2.24) is 15.6 Å². The van der Waals surface area contributed by atoms with E-state index < -0.39 is 0 Å². The second-order valence-corrected chi connectivity index (χ2v) is 4.70. The van der Waals surface area contributed by atoms with Gasteiger partial charge in [-0.05, 0) is 34.7 Å². The van der Waals surface area contributed by atoms with E-state index in [9.17, 15) is 4.79 Å². The summed E-state index contributed by atoms with van der Waals surface area (Å²) in [6.45, 7) is 0. The number of aromatic nitrogens is 2. The molecule has 98 valence electrons. The Bertz CT molecular complexity index is 609. The normalized spacial score (nSPS) is 10.6. The van der Waals surface area contributed by atoms with Crippen LogP contribution in [0.4, 0.5) is 0 Å². The molecule has 0 bridgehead atoms. The molecule has 2 N–H and O–H groups in total. The number of halogens is 1. The minimum Gasteiger partial charge on any atom is -0.496 e. The van der Waals surface area contributed by atoms with Crippen molar-refractivity contribution in [2.24, 2.45) is 5.10 Å². The second-order valence-electron chi connectivity index (χ2n) is 3.53. The molecular formula is C12H11IN4O2. The number of carbonyl (C=O) groups excluding carboxylic acids is 1. The van der Waals surface area contributed by atoms with E-state index >= 15 is 0 Å². The standard InChI is InChI=1S/C12H11IN4O2/c1-19-10-5-3-2-4-8(10)6-14-17-12(18)11-9(13)7-15-16-11/h2-7H,1H3,(H,15,16)(H,17,18)/b14-6+. The van der Waals surface area contributed by atoms with Crippen molar-refractivity contribution in [3.05, 3.63) is 45.3 Å². The van der Waals surface area contributed by atoms with Crippen molar-refractivity contribution >= 4 is 34.7 Å². The molecule has 1 heterocycles. The van der Waals surface area contributed by atoms with Crippen LogP contribution in [0, 0.1) is 3.57 Å². The summed E-state index contributed by atoms with van der Waals surface area (Å²) in [6, 6.07) is 7.39. The first kappa shape index (κ1) is 13.5. The van der Waals surface area contributed by atoms with Gasteiger partial charge in [-0.25, -0.2) is 5.43 Å². The fourth-order valence-corrected chi connectivity index (χ4v) is 1.92. The lowest BCUT2D eigenvalue weighted by Gasteiger charge is -2.02. The largest absolute Gasteiger partial charge is 0.496 e. The van der Waals surface area contributed by atoms with Crippen LogP contribution < -0.4 is 10.2 Å². The summed E-state index contributed by atoms with van der Waals surface area (Å²) in [4.78, 5) is 11.7. The number of aromatic amines is 1. The first-order chi connectivity index (χ1) is 9.22. The number of hydrogen-bond donors (Lipinski definition) is 2. The van der Waals surface area contributed by atoms with Crippen LogP contribution in [-0.4, -0.2) is 29.4 Å². The van der Waals surface area contributed by atoms with E-state index in [0.717, 1.165) is 9.13 Å². The first-order valence-corrected chi connectivity index (χ1v) is 6.45. The van der Waals surface area contributed by atoms with Crippen LogP contribution in [0.1, 0.15) is 16.1 Å². The van der Waals surface area contributed by atoms with Gasteiger partial charge < -0.3 is 4.74 Å². The zero-order chi connectivity index (χ0) is 13.7. The molecule has 1 aromatic heterocycles. The fourth-order valence-electron chi connectivity index (χ4n) is 1.42. The van der Waals surface area contributed by atoms with E-state index in [-0.39, 0.29) is 5.91 Å². The molecule has 0 spiro atoms. The number of rotatable bonds is 4. The Balaban J connectivity index is 2.04. The van der Waals surface area contributed by atoms with Crippen LogP contribution in [0.2, 0.25) is 0 Å². The molecule has 6 nitrogen and oxygen atoms in total. The number of hydrazone groups is 1. The molecule has 0 aliphatic heterocycles. The number of nitrogens with one attached hydrogen (secondary N) is 2. The summed E-state index contributed by atoms with van der Waals surface area (Å²) in [5.41, 5.74) is 3.59. The summed E-state index contributed by atoms with van der Waals surface area (Å²) in [5, 5.41) is 10.3. The molecule has 0 aliphatic carbocycles. The summed E-state index contributed by atoms with van der Waals surface area (Å²) in [7, 11) is 1.58. The molecule has 0 radical (unpaired) electrons. The smallest absolute Gasteiger partial charge is 0.290 e. The van der Waals surface area contributed by atoms with E-state index in [0.29, 0.717) is 11.4 Å². The van der Waals surface area contributed by atoms with Crippen molar-refractivity contribution in [2.75, 3.05) is 7.11 Å². The van der Waals surface area contributed by atoms with Crippen molar-refractivity contribution in [2.45, 2.75) is 0 Å². The number of nitrogens with zero attached hydrogens (tertiary/aromatic N) is 2. The Morgan fingerprint density at radius 2 is 2.32 bits per heavy atom. The zero-order valence-electron chi connectivity index (χ0n) is 10.1. The van der Waals surface area contributed by atoms with E-state index in [2.05, 4.69) is 20.7 Å². The van der Waals surface area contributed by atoms with Gasteiger partial charge in [-0.1, -0.05) is 12.1 Å². The fraction of sp³-hybridized carbons (Fsp3) is 0.0833. The number of H-pyrrole nitrogens is 1. The number of hydrogen-bond acceptors (Lipinski definition) is 4. The van der Waals surface area contributed by atoms with Crippen LogP contribution in [0.15, 0.2) is 35.6 Å². The lowest BCUT2D eigenvalue weighted by molar-refractivity contribution is 0.0949. The third kappa shape index (κ3) is 3.31. The molecule has 1 amide bonds. The second kappa shape index (κ2) is 6.32. The molecule has 1 aromatic carbocycles. The maximum Gasteiger partial charge on any atom is 0.290 e. The number of methoxy groups -OCH3 is 1. The van der Waals surface area contributed by atoms with Crippen LogP contribution in [0.3, 0.4) is 0 Å². The van der Waals surface area contributed by atoms with Gasteiger partial charge in [-0.3, -0.25) is 9.89 Å². The lowest BCUT2D eigenvalue weighted by atomic mass is 10.2. The Morgan fingerprint density at radius 1 is 1.53 bits per heavy atom. The average molecular weight is 370 g/mol. The van der Waals surface area contributed by atoms with E-state index in [4.69, 9.17) is 4.74 Å². The van der Waals surface area contributed by atoms with Gasteiger partial charge in [0.1, 0.15) is 11.4 Å². The summed E-state index contributed by atoms with van der Waals surface area (Å²) in [5.74, 6) is 0.352. The maximum absolute atomic E-state index is 11.7. The Kier molecular flexibility index (Phi) is 4.50. The number of para-hydroxylation sites is 1. The van der Waals surface area contributed by atoms with Crippen molar-refractivity contribution in [3.63, 3.8) is 0 Å². The highest BCUT2D eigenvalue weighted by atomic mass is 127. The Morgan fingerprint density at radius 3 is 3.00 bits per heavy atom. The predicted molar refractivity (Wildman–Crippen MR) is 79.4 cm³/mol. The van der Waals surface area contributed by atoms with Gasteiger partial charge in [-0.2, -0.15) is 10.2 Å². The van der Waals surface area contributed by atoms with E-state index in [1.165, 1.54) is 6.21 Å². The Labute approximate surface area is 123 Å². The van der Waals surface area contributed by atoms with Gasteiger partial charge in [-0.15, -0.1) is 0 Å². The zero-order valence-corrected chi connectivity index (χ0v) is 12.2. The third-order valence-corrected chi connectivity index (χ3v) is 3.15. The molecular weight excluding hydrogens is 359 g/mol. The molecule has 2 aromatic rings. The van der Waals surface area contributed by atoms with Crippen LogP contribution in [0.25, 0.3) is 0 Å². The molecule has 2 rings (SSSR count). The summed E-state index contributed by atoms with van der Waals surface area (Å²) in [6.07, 6.45) is 3.10. The van der Waals surface area contributed by atoms with Gasteiger partial charge in [0.05, 0.1) is 23.1 Å². The average Bonchev–Trinajstić information content (AvgIpc) is 2.85. The molecule has 0 unspecified atom stereocenters. The predicted octanol–water partition coefficient (Wildman–Crippen LogP) is 1.79. The Hall–Kier alpha value is -1.90. The monoisotopic (exact) mass is 370 g/mol. The van der Waals surface area contributed by atoms with Gasteiger partial charge in [0.2, 0.25) is 0 Å². The lowest BCUT2D eigenvalue weighted by Crippen LogP contribution is -2.19. The summed E-state index contributed by atoms with van der Waals surface area (Å²) >= 11 is 2.02. The molecule has 7 heteroatoms. The van der Waals surface area contributed by atoms with Crippen LogP contribution in [0.5, 0.6) is 5.75 Å². The SMILES string of the molecule is COc1ccccc1/C=N/NC(=O)c1[nH]ncc1I. The van der Waals surface area contributed by atoms with Crippen LogP contribution in [-0.2, 0) is 0 Å². The van der Waals surface area contributed by atoms with Crippen LogP contribution >= 0.6 is 22.6 Å². The quantitative estimate of drug-likeness (QED) is 0.489. The number of carbonyl (C=O) groups is 1. The number of benzene rings is 1. The van der Waals surface area contributed by atoms with E-state index in [1.54, 1.807) is 13.3 Å². The molecule has 0 fully saturated rings. The van der Waals surface area contributed by atoms with Gasteiger partial charge >= 0.3 is 0 Å². The number of amides is 1. The highest BCUT2D eigenvalue weighted by molar-refractivity contribution is 14.1. The highest BCUT2D eigenvalue weighted by Gasteiger charge is 2.10. The first-order valence-electron chi connectivity index (χ1n) is 5.37. The molecule has 0 atom stereocenters. The number of ether oxygens (including phenoxy) is 1. The maximum atomic E-state index is 11.7. The summed E-state index contributed by atoms with van der Waals surface area (Å²) < 4.78 is 5.91. The topological polar surface area (TPSA) is 79.4 Å². The minimum atomic E-state index is -0.340. The van der Waals surface area contributed by atoms with Crippen molar-refractivity contribution < 1.29 is 9.53 Å². The third-order valence-electron chi connectivity index (χ3n) is 2.33. The minimum absolute atomic E-state index is 0.340. The molecule has 0 saturated heterocycles. The molecule has 19 heavy (non-hydrogen) atoms. The van der Waals surface area contributed by atoms with Crippen molar-refractivity contribution in [3.8, 4) is 5.75 Å².